The lowest BCUT2D eigenvalue weighted by atomic mass is 10.2. The largest absolute Gasteiger partial charge is 0.389 e. The van der Waals surface area contributed by atoms with E-state index in [9.17, 15) is 5.11 Å². The second kappa shape index (κ2) is 11.9. The van der Waals surface area contributed by atoms with Crippen LogP contribution < -0.4 is 4.90 Å². The molecule has 23 heavy (non-hydrogen) atoms. The number of para-hydroxylation sites is 1. The van der Waals surface area contributed by atoms with E-state index in [1.165, 1.54) is 0 Å². The number of benzene rings is 1. The second-order valence-electron chi connectivity index (χ2n) is 4.95. The molecule has 128 valence electrons. The SMILES string of the molecule is C#CCOCC(O)CN(CC(OCC)OCC)c1ccccc1. The van der Waals surface area contributed by atoms with Crippen molar-refractivity contribution in [3.05, 3.63) is 30.3 Å². The predicted octanol–water partition coefficient (Wildman–Crippen LogP) is 1.90. The standard InChI is InChI=1S/C18H27NO4/c1-4-12-21-15-17(20)13-19(16-10-8-7-9-11-16)14-18(22-5-2)23-6-3/h1,7-11,17-18,20H,5-6,12-15H2,2-3H3. The van der Waals surface area contributed by atoms with Crippen LogP contribution in [0.25, 0.3) is 0 Å². The highest BCUT2D eigenvalue weighted by molar-refractivity contribution is 5.46. The fraction of sp³-hybridized carbons (Fsp3) is 0.556. The van der Waals surface area contributed by atoms with Gasteiger partial charge >= 0.3 is 0 Å². The van der Waals surface area contributed by atoms with Gasteiger partial charge in [0.25, 0.3) is 0 Å². The van der Waals surface area contributed by atoms with E-state index in [4.69, 9.17) is 20.6 Å². The van der Waals surface area contributed by atoms with E-state index in [1.807, 2.05) is 49.1 Å². The van der Waals surface area contributed by atoms with Crippen molar-refractivity contribution in [2.24, 2.45) is 0 Å². The molecule has 0 saturated heterocycles. The molecule has 0 fully saturated rings. The molecule has 0 heterocycles. The summed E-state index contributed by atoms with van der Waals surface area (Å²) in [5, 5.41) is 10.2. The van der Waals surface area contributed by atoms with Crippen LogP contribution in [0.5, 0.6) is 0 Å². The molecule has 0 spiro atoms. The van der Waals surface area contributed by atoms with Crippen molar-refractivity contribution >= 4 is 5.69 Å². The van der Waals surface area contributed by atoms with Crippen molar-refractivity contribution in [2.75, 3.05) is 44.4 Å². The van der Waals surface area contributed by atoms with Gasteiger partial charge in [-0.1, -0.05) is 24.1 Å². The van der Waals surface area contributed by atoms with Crippen LogP contribution in [0, 0.1) is 12.3 Å². The Balaban J connectivity index is 2.71. The molecule has 0 aliphatic heterocycles. The molecule has 1 aromatic carbocycles. The number of aliphatic hydroxyl groups is 1. The smallest absolute Gasteiger partial charge is 0.174 e. The molecule has 0 aliphatic rings. The highest BCUT2D eigenvalue weighted by Crippen LogP contribution is 2.15. The fourth-order valence-corrected chi connectivity index (χ4v) is 2.19. The average Bonchev–Trinajstić information content (AvgIpc) is 2.56. The lowest BCUT2D eigenvalue weighted by Crippen LogP contribution is -2.41. The second-order valence-corrected chi connectivity index (χ2v) is 4.95. The molecule has 0 aromatic heterocycles. The van der Waals surface area contributed by atoms with E-state index in [-0.39, 0.29) is 19.5 Å². The summed E-state index contributed by atoms with van der Waals surface area (Å²) in [6, 6.07) is 9.85. The van der Waals surface area contributed by atoms with Crippen LogP contribution >= 0.6 is 0 Å². The first-order valence-electron chi connectivity index (χ1n) is 7.93. The molecular weight excluding hydrogens is 294 g/mol. The number of hydrogen-bond acceptors (Lipinski definition) is 5. The minimum atomic E-state index is -0.646. The molecule has 1 unspecified atom stereocenters. The summed E-state index contributed by atoms with van der Waals surface area (Å²) in [6.07, 6.45) is 4.15. The van der Waals surface area contributed by atoms with Gasteiger partial charge in [0, 0.05) is 25.4 Å². The first kappa shape index (κ1) is 19.5. The molecule has 5 nitrogen and oxygen atoms in total. The zero-order chi connectivity index (χ0) is 16.9. The Morgan fingerprint density at radius 3 is 2.35 bits per heavy atom. The Bertz CT molecular complexity index is 440. The summed E-state index contributed by atoms with van der Waals surface area (Å²) < 4.78 is 16.4. The number of terminal acetylenes is 1. The zero-order valence-corrected chi connectivity index (χ0v) is 14.0. The van der Waals surface area contributed by atoms with Gasteiger partial charge in [-0.05, 0) is 26.0 Å². The summed E-state index contributed by atoms with van der Waals surface area (Å²) in [5.41, 5.74) is 0.993. The zero-order valence-electron chi connectivity index (χ0n) is 14.0. The van der Waals surface area contributed by atoms with Crippen LogP contribution in [0.3, 0.4) is 0 Å². The third kappa shape index (κ3) is 8.00. The molecule has 0 saturated carbocycles. The first-order chi connectivity index (χ1) is 11.2. The molecule has 1 N–H and O–H groups in total. The van der Waals surface area contributed by atoms with Crippen LogP contribution in [-0.4, -0.2) is 57.0 Å². The number of aliphatic hydroxyl groups excluding tert-OH is 1. The summed E-state index contributed by atoms with van der Waals surface area (Å²) in [4.78, 5) is 2.03. The number of ether oxygens (including phenoxy) is 3. The molecule has 1 aromatic rings. The summed E-state index contributed by atoms with van der Waals surface area (Å²) in [5.74, 6) is 2.39. The monoisotopic (exact) mass is 321 g/mol. The molecule has 0 bridgehead atoms. The van der Waals surface area contributed by atoms with Gasteiger partial charge < -0.3 is 24.2 Å². The molecular formula is C18H27NO4. The number of anilines is 1. The maximum absolute atomic E-state index is 10.2. The number of nitrogens with zero attached hydrogens (tertiary/aromatic N) is 1. The van der Waals surface area contributed by atoms with Gasteiger partial charge in [-0.25, -0.2) is 0 Å². The Kier molecular flexibility index (Phi) is 10.1. The molecule has 1 atom stereocenters. The Morgan fingerprint density at radius 2 is 1.78 bits per heavy atom. The minimum absolute atomic E-state index is 0.196. The lowest BCUT2D eigenvalue weighted by molar-refractivity contribution is -0.130. The molecule has 1 rings (SSSR count). The average molecular weight is 321 g/mol. The molecule has 5 heteroatoms. The van der Waals surface area contributed by atoms with Crippen LogP contribution in [0.15, 0.2) is 30.3 Å². The van der Waals surface area contributed by atoms with Gasteiger partial charge in [0.05, 0.1) is 19.3 Å². The van der Waals surface area contributed by atoms with E-state index < -0.39 is 6.10 Å². The normalized spacial score (nSPS) is 12.1. The predicted molar refractivity (Wildman–Crippen MR) is 91.4 cm³/mol. The third-order valence-corrected chi connectivity index (χ3v) is 3.12. The maximum atomic E-state index is 10.2. The van der Waals surface area contributed by atoms with Crippen molar-refractivity contribution in [3.8, 4) is 12.3 Å². The molecule has 0 radical (unpaired) electrons. The Morgan fingerprint density at radius 1 is 1.13 bits per heavy atom. The Hall–Kier alpha value is -1.58. The van der Waals surface area contributed by atoms with Crippen LogP contribution in [0.2, 0.25) is 0 Å². The first-order valence-corrected chi connectivity index (χ1v) is 7.93. The van der Waals surface area contributed by atoms with E-state index >= 15 is 0 Å². The lowest BCUT2D eigenvalue weighted by Gasteiger charge is -2.30. The van der Waals surface area contributed by atoms with Gasteiger partial charge in [0.1, 0.15) is 6.61 Å². The van der Waals surface area contributed by atoms with E-state index in [1.54, 1.807) is 0 Å². The van der Waals surface area contributed by atoms with E-state index in [2.05, 4.69) is 5.92 Å². The van der Waals surface area contributed by atoms with Gasteiger partial charge in [0.2, 0.25) is 0 Å². The van der Waals surface area contributed by atoms with Gasteiger partial charge in [0.15, 0.2) is 6.29 Å². The van der Waals surface area contributed by atoms with E-state index in [0.29, 0.717) is 26.3 Å². The number of hydrogen-bond donors (Lipinski definition) is 1. The third-order valence-electron chi connectivity index (χ3n) is 3.12. The van der Waals surface area contributed by atoms with Crippen LogP contribution in [0.4, 0.5) is 5.69 Å². The van der Waals surface area contributed by atoms with Crippen molar-refractivity contribution in [1.82, 2.24) is 0 Å². The van der Waals surface area contributed by atoms with Crippen LogP contribution in [0.1, 0.15) is 13.8 Å². The van der Waals surface area contributed by atoms with E-state index in [0.717, 1.165) is 5.69 Å². The van der Waals surface area contributed by atoms with Gasteiger partial charge in [-0.3, -0.25) is 0 Å². The summed E-state index contributed by atoms with van der Waals surface area (Å²) >= 11 is 0. The van der Waals surface area contributed by atoms with Gasteiger partial charge in [-0.2, -0.15) is 0 Å². The number of rotatable bonds is 12. The highest BCUT2D eigenvalue weighted by atomic mass is 16.7. The highest BCUT2D eigenvalue weighted by Gasteiger charge is 2.18. The van der Waals surface area contributed by atoms with Crippen molar-refractivity contribution in [1.29, 1.82) is 0 Å². The Labute approximate surface area is 139 Å². The topological polar surface area (TPSA) is 51.2 Å². The van der Waals surface area contributed by atoms with Crippen molar-refractivity contribution < 1.29 is 19.3 Å². The molecule has 0 amide bonds. The summed E-state index contributed by atoms with van der Waals surface area (Å²) in [6.45, 7) is 6.33. The molecule has 0 aliphatic carbocycles. The quantitative estimate of drug-likeness (QED) is 0.362. The fourth-order valence-electron chi connectivity index (χ4n) is 2.19. The minimum Gasteiger partial charge on any atom is -0.389 e. The summed E-state index contributed by atoms with van der Waals surface area (Å²) in [7, 11) is 0. The van der Waals surface area contributed by atoms with Crippen molar-refractivity contribution in [3.63, 3.8) is 0 Å². The maximum Gasteiger partial charge on any atom is 0.174 e. The van der Waals surface area contributed by atoms with Gasteiger partial charge in [-0.15, -0.1) is 6.42 Å². The van der Waals surface area contributed by atoms with Crippen molar-refractivity contribution in [2.45, 2.75) is 26.2 Å². The van der Waals surface area contributed by atoms with Crippen LogP contribution in [-0.2, 0) is 14.2 Å².